The van der Waals surface area contributed by atoms with E-state index >= 15 is 8.78 Å². The summed E-state index contributed by atoms with van der Waals surface area (Å²) in [5.74, 6) is -2.24. The summed E-state index contributed by atoms with van der Waals surface area (Å²) in [6, 6.07) is 5.78. The number of amides is 2. The molecule has 2 aromatic heterocycles. The van der Waals surface area contributed by atoms with Gasteiger partial charge >= 0.3 is 0 Å². The van der Waals surface area contributed by atoms with E-state index in [-0.39, 0.29) is 28.8 Å². The minimum absolute atomic E-state index is 0.0420. The van der Waals surface area contributed by atoms with Gasteiger partial charge in [0.2, 0.25) is 5.91 Å². The fourth-order valence-electron chi connectivity index (χ4n) is 4.29. The maximum absolute atomic E-state index is 15.2. The Morgan fingerprint density at radius 2 is 1.94 bits per heavy atom. The predicted octanol–water partition coefficient (Wildman–Crippen LogP) is 3.52. The zero-order valence-corrected chi connectivity index (χ0v) is 19.5. The van der Waals surface area contributed by atoms with Gasteiger partial charge in [0.1, 0.15) is 17.3 Å². The minimum Gasteiger partial charge on any atom is -0.374 e. The summed E-state index contributed by atoms with van der Waals surface area (Å²) in [4.78, 5) is 30.6. The third-order valence-corrected chi connectivity index (χ3v) is 5.97. The van der Waals surface area contributed by atoms with Crippen molar-refractivity contribution in [2.75, 3.05) is 26.2 Å². The lowest BCUT2D eigenvalue weighted by molar-refractivity contribution is -0.138. The van der Waals surface area contributed by atoms with Crippen molar-refractivity contribution in [3.63, 3.8) is 0 Å². The predicted molar refractivity (Wildman–Crippen MR) is 124 cm³/mol. The fourth-order valence-corrected chi connectivity index (χ4v) is 4.29. The van der Waals surface area contributed by atoms with Crippen molar-refractivity contribution in [2.45, 2.75) is 39.7 Å². The number of aromatic nitrogens is 2. The molecule has 0 radical (unpaired) electrons. The molecule has 34 heavy (non-hydrogen) atoms. The first kappa shape index (κ1) is 23.8. The smallest absolute Gasteiger partial charge is 0.251 e. The van der Waals surface area contributed by atoms with E-state index in [2.05, 4.69) is 10.3 Å². The van der Waals surface area contributed by atoms with E-state index in [4.69, 9.17) is 4.74 Å². The number of pyridine rings is 1. The number of nitrogens with one attached hydrogen (secondary N) is 1. The SMILES string of the molecule is CCNC(=O)c1cc(F)c(-c2nc3cc(C)ccn3c2C[C@H]2CN(C(=O)CC)CCO2)c(F)c1. The molecule has 0 saturated carbocycles. The number of carbonyl (C=O) groups is 2. The van der Waals surface area contributed by atoms with Crippen LogP contribution in [0, 0.1) is 18.6 Å². The Kier molecular flexibility index (Phi) is 6.92. The van der Waals surface area contributed by atoms with Crippen LogP contribution in [-0.2, 0) is 16.0 Å². The molecule has 3 aromatic rings. The van der Waals surface area contributed by atoms with Crippen molar-refractivity contribution in [1.82, 2.24) is 19.6 Å². The third-order valence-electron chi connectivity index (χ3n) is 5.97. The van der Waals surface area contributed by atoms with E-state index in [0.717, 1.165) is 17.7 Å². The standard InChI is InChI=1S/C25H28F2N4O3/c1-4-22(32)30-8-9-34-17(14-30)13-20-24(29-21-10-15(3)6-7-31(20)21)23-18(26)11-16(12-19(23)27)25(33)28-5-2/h6-7,10-12,17H,4-5,8-9,13-14H2,1-3H3,(H,28,33)/t17-/m0/s1. The average Bonchev–Trinajstić information content (AvgIpc) is 3.15. The molecule has 7 nitrogen and oxygen atoms in total. The van der Waals surface area contributed by atoms with Gasteiger partial charge in [-0.25, -0.2) is 13.8 Å². The first-order valence-electron chi connectivity index (χ1n) is 11.5. The van der Waals surface area contributed by atoms with Gasteiger partial charge in [0.15, 0.2) is 0 Å². The quantitative estimate of drug-likeness (QED) is 0.598. The summed E-state index contributed by atoms with van der Waals surface area (Å²) in [5, 5.41) is 2.55. The molecule has 0 spiro atoms. The highest BCUT2D eigenvalue weighted by atomic mass is 19.1. The maximum atomic E-state index is 15.2. The molecular weight excluding hydrogens is 442 g/mol. The lowest BCUT2D eigenvalue weighted by atomic mass is 10.0. The van der Waals surface area contributed by atoms with E-state index in [1.165, 1.54) is 0 Å². The molecule has 1 aliphatic heterocycles. The van der Waals surface area contributed by atoms with Crippen LogP contribution < -0.4 is 5.32 Å². The second-order valence-electron chi connectivity index (χ2n) is 8.40. The van der Waals surface area contributed by atoms with Crippen LogP contribution in [0.5, 0.6) is 0 Å². The number of nitrogens with zero attached hydrogens (tertiary/aromatic N) is 3. The van der Waals surface area contributed by atoms with Crippen LogP contribution >= 0.6 is 0 Å². The fraction of sp³-hybridized carbons (Fsp3) is 0.400. The molecule has 1 N–H and O–H groups in total. The number of rotatable bonds is 6. The molecule has 1 aliphatic rings. The Labute approximate surface area is 196 Å². The normalized spacial score (nSPS) is 16.1. The number of aryl methyl sites for hydroxylation is 1. The third kappa shape index (κ3) is 4.65. The summed E-state index contributed by atoms with van der Waals surface area (Å²) >= 11 is 0. The topological polar surface area (TPSA) is 75.9 Å². The number of halogens is 2. The van der Waals surface area contributed by atoms with Crippen molar-refractivity contribution in [1.29, 1.82) is 0 Å². The van der Waals surface area contributed by atoms with Crippen LogP contribution in [0.4, 0.5) is 8.78 Å². The van der Waals surface area contributed by atoms with Gasteiger partial charge in [-0.2, -0.15) is 0 Å². The van der Waals surface area contributed by atoms with Gasteiger partial charge in [0.25, 0.3) is 5.91 Å². The number of fused-ring (bicyclic) bond motifs is 1. The van der Waals surface area contributed by atoms with Crippen LogP contribution in [0.25, 0.3) is 16.9 Å². The Hall–Kier alpha value is -3.33. The molecule has 1 fully saturated rings. The van der Waals surface area contributed by atoms with Gasteiger partial charge in [0, 0.05) is 44.2 Å². The van der Waals surface area contributed by atoms with Crippen LogP contribution in [0.3, 0.4) is 0 Å². The molecule has 0 unspecified atom stereocenters. The first-order chi connectivity index (χ1) is 16.3. The number of imidazole rings is 1. The summed E-state index contributed by atoms with van der Waals surface area (Å²) in [7, 11) is 0. The molecular formula is C25H28F2N4O3. The Morgan fingerprint density at radius 1 is 1.21 bits per heavy atom. The van der Waals surface area contributed by atoms with Crippen LogP contribution in [0.1, 0.15) is 41.9 Å². The van der Waals surface area contributed by atoms with Gasteiger partial charge < -0.3 is 19.4 Å². The van der Waals surface area contributed by atoms with Gasteiger partial charge in [-0.1, -0.05) is 6.92 Å². The second kappa shape index (κ2) is 9.89. The Balaban J connectivity index is 1.77. The van der Waals surface area contributed by atoms with Crippen LogP contribution in [0.2, 0.25) is 0 Å². The molecule has 1 saturated heterocycles. The summed E-state index contributed by atoms with van der Waals surface area (Å²) in [6.07, 6.45) is 2.18. The largest absolute Gasteiger partial charge is 0.374 e. The molecule has 2 amide bonds. The Bertz CT molecular complexity index is 1220. The number of benzene rings is 1. The van der Waals surface area contributed by atoms with Crippen LogP contribution in [0.15, 0.2) is 30.5 Å². The lowest BCUT2D eigenvalue weighted by Gasteiger charge is -2.33. The highest BCUT2D eigenvalue weighted by molar-refractivity contribution is 5.94. The van der Waals surface area contributed by atoms with Gasteiger partial charge in [-0.3, -0.25) is 9.59 Å². The molecule has 3 heterocycles. The summed E-state index contributed by atoms with van der Waals surface area (Å²) < 4.78 is 38.1. The molecule has 0 bridgehead atoms. The zero-order valence-electron chi connectivity index (χ0n) is 19.5. The van der Waals surface area contributed by atoms with Gasteiger partial charge in [-0.15, -0.1) is 0 Å². The number of morpholine rings is 1. The van der Waals surface area contributed by atoms with E-state index in [9.17, 15) is 9.59 Å². The van der Waals surface area contributed by atoms with Crippen molar-refractivity contribution in [3.8, 4) is 11.3 Å². The highest BCUT2D eigenvalue weighted by Gasteiger charge is 2.28. The van der Waals surface area contributed by atoms with E-state index in [1.807, 2.05) is 32.2 Å². The number of carbonyl (C=O) groups excluding carboxylic acids is 2. The van der Waals surface area contributed by atoms with Gasteiger partial charge in [0.05, 0.1) is 29.7 Å². The first-order valence-corrected chi connectivity index (χ1v) is 11.5. The molecule has 4 rings (SSSR count). The number of hydrogen-bond donors (Lipinski definition) is 1. The molecule has 1 aromatic carbocycles. The molecule has 1 atom stereocenters. The van der Waals surface area contributed by atoms with Gasteiger partial charge in [-0.05, 0) is 43.7 Å². The second-order valence-corrected chi connectivity index (χ2v) is 8.40. The van der Waals surface area contributed by atoms with Crippen molar-refractivity contribution >= 4 is 17.5 Å². The molecule has 0 aliphatic carbocycles. The van der Waals surface area contributed by atoms with E-state index in [1.54, 1.807) is 16.2 Å². The Morgan fingerprint density at radius 3 is 2.62 bits per heavy atom. The number of hydrogen-bond acceptors (Lipinski definition) is 4. The molecule has 9 heteroatoms. The average molecular weight is 471 g/mol. The monoisotopic (exact) mass is 470 g/mol. The van der Waals surface area contributed by atoms with Crippen molar-refractivity contribution in [2.24, 2.45) is 0 Å². The maximum Gasteiger partial charge on any atom is 0.251 e. The summed E-state index contributed by atoms with van der Waals surface area (Å²) in [5.41, 5.74) is 1.86. The molecule has 180 valence electrons. The summed E-state index contributed by atoms with van der Waals surface area (Å²) in [6.45, 7) is 7.11. The van der Waals surface area contributed by atoms with E-state index < -0.39 is 17.5 Å². The van der Waals surface area contributed by atoms with Crippen molar-refractivity contribution in [3.05, 3.63) is 58.9 Å². The zero-order chi connectivity index (χ0) is 24.4. The van der Waals surface area contributed by atoms with E-state index in [0.29, 0.717) is 50.4 Å². The lowest BCUT2D eigenvalue weighted by Crippen LogP contribution is -2.46. The van der Waals surface area contributed by atoms with Crippen LogP contribution in [-0.4, -0.2) is 58.4 Å². The van der Waals surface area contributed by atoms with Crippen molar-refractivity contribution < 1.29 is 23.1 Å². The minimum atomic E-state index is -0.866. The number of ether oxygens (including phenoxy) is 1. The highest BCUT2D eigenvalue weighted by Crippen LogP contribution is 2.32.